The number of aromatic nitrogens is 1. The second-order valence-corrected chi connectivity index (χ2v) is 10.4. The van der Waals surface area contributed by atoms with Gasteiger partial charge >= 0.3 is 0 Å². The number of nitrogens with zero attached hydrogens (tertiary/aromatic N) is 1. The van der Waals surface area contributed by atoms with E-state index in [0.29, 0.717) is 0 Å². The van der Waals surface area contributed by atoms with Crippen LogP contribution in [0.25, 0.3) is 27.5 Å². The second-order valence-electron chi connectivity index (χ2n) is 10.4. The van der Waals surface area contributed by atoms with E-state index in [1.807, 2.05) is 0 Å². The highest BCUT2D eigenvalue weighted by Crippen LogP contribution is 2.40. The third kappa shape index (κ3) is 2.78. The van der Waals surface area contributed by atoms with Gasteiger partial charge in [-0.25, -0.2) is 0 Å². The Kier molecular flexibility index (Phi) is 4.09. The molecule has 5 aromatic carbocycles. The quantitative estimate of drug-likeness (QED) is 0.254. The Morgan fingerprint density at radius 1 is 0.595 bits per heavy atom. The fourth-order valence-electron chi connectivity index (χ4n) is 6.32. The Labute approximate surface area is 216 Å². The normalized spacial score (nSPS) is 13.1. The minimum atomic E-state index is 0.0761. The summed E-state index contributed by atoms with van der Waals surface area (Å²) in [5.74, 6) is 3.64. The zero-order valence-electron chi connectivity index (χ0n) is 21.0. The van der Waals surface area contributed by atoms with Crippen molar-refractivity contribution in [3.8, 4) is 28.7 Å². The summed E-state index contributed by atoms with van der Waals surface area (Å²) in [6, 6.07) is 32.6. The molecule has 4 heteroatoms. The average molecular weight is 477 g/mol. The van der Waals surface area contributed by atoms with Crippen LogP contribution in [0.15, 0.2) is 91.0 Å². The summed E-state index contributed by atoms with van der Waals surface area (Å²) in [4.78, 5) is 0. The Bertz CT molecular complexity index is 1860. The van der Waals surface area contributed by atoms with E-state index >= 15 is 0 Å². The van der Waals surface area contributed by atoms with Crippen LogP contribution in [0.3, 0.4) is 0 Å². The number of benzene rings is 5. The van der Waals surface area contributed by atoms with E-state index in [2.05, 4.69) is 116 Å². The van der Waals surface area contributed by atoms with E-state index < -0.39 is 0 Å². The summed E-state index contributed by atoms with van der Waals surface area (Å²) in [7, 11) is 0. The smallest absolute Gasteiger partial charge is 0.260 e. The van der Waals surface area contributed by atoms with Crippen LogP contribution in [0.5, 0.6) is 23.0 Å². The first-order valence-corrected chi connectivity index (χ1v) is 12.8. The van der Waals surface area contributed by atoms with Gasteiger partial charge < -0.3 is 14.0 Å². The average Bonchev–Trinajstić information content (AvgIpc) is 3.23. The fraction of sp³-hybridized carbons (Fsp3) is 0.0909. The number of hydrogen-bond donors (Lipinski definition) is 0. The van der Waals surface area contributed by atoms with E-state index in [-0.39, 0.29) is 6.71 Å². The van der Waals surface area contributed by atoms with Crippen LogP contribution >= 0.6 is 0 Å². The molecule has 0 amide bonds. The van der Waals surface area contributed by atoms with Gasteiger partial charge in [0.2, 0.25) is 0 Å². The van der Waals surface area contributed by atoms with Gasteiger partial charge in [-0.15, -0.1) is 0 Å². The van der Waals surface area contributed by atoms with Gasteiger partial charge in [0.25, 0.3) is 6.71 Å². The summed E-state index contributed by atoms with van der Waals surface area (Å²) in [6.45, 7) is 6.48. The van der Waals surface area contributed by atoms with Crippen LogP contribution in [0.1, 0.15) is 16.7 Å². The van der Waals surface area contributed by atoms with E-state index in [0.717, 1.165) is 45.3 Å². The Hall–Kier alpha value is -4.44. The minimum Gasteiger partial charge on any atom is -0.458 e. The molecule has 3 nitrogen and oxygen atoms in total. The van der Waals surface area contributed by atoms with Crippen LogP contribution in [0.2, 0.25) is 0 Å². The van der Waals surface area contributed by atoms with E-state index in [4.69, 9.17) is 9.47 Å². The minimum absolute atomic E-state index is 0.0761. The van der Waals surface area contributed by atoms with Gasteiger partial charge in [0.05, 0.1) is 16.7 Å². The molecule has 176 valence electrons. The molecule has 6 aromatic rings. The van der Waals surface area contributed by atoms with E-state index in [9.17, 15) is 0 Å². The van der Waals surface area contributed by atoms with E-state index in [1.165, 1.54) is 38.3 Å². The fourth-order valence-corrected chi connectivity index (χ4v) is 6.32. The lowest BCUT2D eigenvalue weighted by atomic mass is 9.34. The number of ether oxygens (including phenoxy) is 2. The number of aryl methyl sites for hydroxylation is 3. The van der Waals surface area contributed by atoms with Gasteiger partial charge in [0, 0.05) is 28.4 Å². The summed E-state index contributed by atoms with van der Waals surface area (Å²) < 4.78 is 15.7. The van der Waals surface area contributed by atoms with Crippen LogP contribution in [0.4, 0.5) is 0 Å². The highest BCUT2D eigenvalue weighted by Gasteiger charge is 2.41. The summed E-state index contributed by atoms with van der Waals surface area (Å²) in [6.07, 6.45) is 0. The maximum Gasteiger partial charge on any atom is 0.260 e. The first-order chi connectivity index (χ1) is 18.1. The molecule has 0 saturated carbocycles. The standard InChI is InChI=1S/C33H24BNO2/c1-19-14-15-28-24(16-19)23-10-4-5-13-27(23)35(28)22-17-29-31-30(18-22)37-33-21(3)9-7-12-26(33)34(31)25-11-6-8-20(2)32(25)36-29/h4-18H,1-3H3. The summed E-state index contributed by atoms with van der Waals surface area (Å²) >= 11 is 0. The van der Waals surface area contributed by atoms with Crippen LogP contribution < -0.4 is 25.9 Å². The molecule has 2 aliphatic rings. The number of fused-ring (bicyclic) bond motifs is 7. The first-order valence-electron chi connectivity index (χ1n) is 12.8. The van der Waals surface area contributed by atoms with Crippen molar-refractivity contribution in [2.24, 2.45) is 0 Å². The number of hydrogen-bond acceptors (Lipinski definition) is 2. The second kappa shape index (κ2) is 7.30. The van der Waals surface area contributed by atoms with Crippen molar-refractivity contribution in [2.45, 2.75) is 20.8 Å². The third-order valence-corrected chi connectivity index (χ3v) is 7.99. The molecule has 0 spiro atoms. The van der Waals surface area contributed by atoms with Gasteiger partial charge in [0.1, 0.15) is 23.0 Å². The third-order valence-electron chi connectivity index (χ3n) is 7.99. The number of rotatable bonds is 1. The zero-order valence-corrected chi connectivity index (χ0v) is 21.0. The molecule has 0 saturated heterocycles. The van der Waals surface area contributed by atoms with Crippen molar-refractivity contribution in [3.05, 3.63) is 108 Å². The molecule has 0 bridgehead atoms. The lowest BCUT2D eigenvalue weighted by Gasteiger charge is -2.34. The monoisotopic (exact) mass is 477 g/mol. The SMILES string of the molecule is Cc1ccc2c(c1)c1ccccc1n2-c1cc2c3c(c1)Oc1c(C)cccc1B3c1cccc(C)c1O2. The van der Waals surface area contributed by atoms with Crippen molar-refractivity contribution < 1.29 is 9.47 Å². The lowest BCUT2D eigenvalue weighted by molar-refractivity contribution is 0.460. The molecule has 0 aliphatic carbocycles. The Morgan fingerprint density at radius 2 is 1.22 bits per heavy atom. The van der Waals surface area contributed by atoms with Gasteiger partial charge in [-0.3, -0.25) is 0 Å². The van der Waals surface area contributed by atoms with Gasteiger partial charge in [-0.1, -0.05) is 66.2 Å². The number of para-hydroxylation sites is 3. The van der Waals surface area contributed by atoms with E-state index in [1.54, 1.807) is 0 Å². The molecule has 0 N–H and O–H groups in total. The predicted octanol–water partition coefficient (Wildman–Crippen LogP) is 6.44. The highest BCUT2D eigenvalue weighted by molar-refractivity contribution is 6.98. The van der Waals surface area contributed by atoms with Crippen LogP contribution in [0, 0.1) is 20.8 Å². The molecule has 0 radical (unpaired) electrons. The lowest BCUT2D eigenvalue weighted by Crippen LogP contribution is -2.57. The molecule has 1 aromatic heterocycles. The maximum atomic E-state index is 6.69. The largest absolute Gasteiger partial charge is 0.458 e. The topological polar surface area (TPSA) is 23.4 Å². The Morgan fingerprint density at radius 3 is 1.89 bits per heavy atom. The molecule has 37 heavy (non-hydrogen) atoms. The van der Waals surface area contributed by atoms with Crippen molar-refractivity contribution in [1.82, 2.24) is 4.57 Å². The van der Waals surface area contributed by atoms with Crippen molar-refractivity contribution in [3.63, 3.8) is 0 Å². The van der Waals surface area contributed by atoms with Crippen LogP contribution in [-0.4, -0.2) is 11.3 Å². The maximum absolute atomic E-state index is 6.69. The zero-order chi connectivity index (χ0) is 24.8. The molecular weight excluding hydrogens is 453 g/mol. The molecule has 2 aliphatic heterocycles. The van der Waals surface area contributed by atoms with Gasteiger partial charge in [-0.2, -0.15) is 0 Å². The molecule has 3 heterocycles. The van der Waals surface area contributed by atoms with Crippen LogP contribution in [-0.2, 0) is 0 Å². The highest BCUT2D eigenvalue weighted by atomic mass is 16.5. The van der Waals surface area contributed by atoms with Crippen molar-refractivity contribution in [2.75, 3.05) is 0 Å². The Balaban J connectivity index is 1.46. The van der Waals surface area contributed by atoms with Gasteiger partial charge in [-0.05, 0) is 61.0 Å². The molecule has 0 unspecified atom stereocenters. The van der Waals surface area contributed by atoms with Gasteiger partial charge in [0.15, 0.2) is 0 Å². The summed E-state index contributed by atoms with van der Waals surface area (Å²) in [5.41, 5.74) is 10.4. The predicted molar refractivity (Wildman–Crippen MR) is 153 cm³/mol. The van der Waals surface area contributed by atoms with Crippen molar-refractivity contribution in [1.29, 1.82) is 0 Å². The molecule has 0 fully saturated rings. The first kappa shape index (κ1) is 20.7. The van der Waals surface area contributed by atoms with Crippen molar-refractivity contribution >= 4 is 44.9 Å². The molecular formula is C33H24BNO2. The summed E-state index contributed by atoms with van der Waals surface area (Å²) in [5, 5.41) is 2.50. The molecule has 8 rings (SSSR count). The molecule has 0 atom stereocenters.